The molecule has 0 atom stereocenters. The first kappa shape index (κ1) is 15.1. The van der Waals surface area contributed by atoms with Gasteiger partial charge in [-0.2, -0.15) is 0 Å². The van der Waals surface area contributed by atoms with Gasteiger partial charge in [0.05, 0.1) is 17.1 Å². The van der Waals surface area contributed by atoms with Crippen LogP contribution in [0.1, 0.15) is 11.1 Å². The molecule has 0 bridgehead atoms. The number of carbonyl (C=O) groups is 1. The van der Waals surface area contributed by atoms with E-state index in [2.05, 4.69) is 5.32 Å². The average Bonchev–Trinajstić information content (AvgIpc) is 2.51. The van der Waals surface area contributed by atoms with E-state index in [1.165, 1.54) is 24.3 Å². The van der Waals surface area contributed by atoms with Crippen molar-refractivity contribution < 1.29 is 18.7 Å². The maximum Gasteiger partial charge on any atom is 0.409 e. The molecule has 0 unspecified atom stereocenters. The van der Waals surface area contributed by atoms with Crippen LogP contribution < -0.4 is 16.0 Å². The lowest BCUT2D eigenvalue weighted by Crippen LogP contribution is -2.31. The van der Waals surface area contributed by atoms with E-state index >= 15 is 0 Å². The second-order valence-electron chi connectivity index (χ2n) is 5.37. The van der Waals surface area contributed by atoms with E-state index in [1.54, 1.807) is 11.0 Å². The molecule has 5 nitrogen and oxygen atoms in total. The summed E-state index contributed by atoms with van der Waals surface area (Å²) in [6.45, 7) is 0.940. The Morgan fingerprint density at radius 3 is 2.74 bits per heavy atom. The monoisotopic (exact) mass is 319 g/mol. The molecule has 0 saturated heterocycles. The Morgan fingerprint density at radius 1 is 1.22 bits per heavy atom. The number of nitrogens with one attached hydrogen (secondary N) is 1. The predicted molar refractivity (Wildman–Crippen MR) is 83.6 cm³/mol. The number of hydrogen-bond acceptors (Lipinski definition) is 3. The highest BCUT2D eigenvalue weighted by Crippen LogP contribution is 2.33. The number of rotatable bonds is 2. The highest BCUT2D eigenvalue weighted by Gasteiger charge is 2.22. The third-order valence-corrected chi connectivity index (χ3v) is 3.92. The molecular formula is C16H15F2N3O2. The van der Waals surface area contributed by atoms with Crippen molar-refractivity contribution in [2.45, 2.75) is 13.0 Å². The van der Waals surface area contributed by atoms with Gasteiger partial charge in [-0.05, 0) is 41.8 Å². The third-order valence-electron chi connectivity index (χ3n) is 3.92. The van der Waals surface area contributed by atoms with Gasteiger partial charge in [-0.25, -0.2) is 13.6 Å². The van der Waals surface area contributed by atoms with Gasteiger partial charge in [0.2, 0.25) is 0 Å². The molecule has 0 saturated carbocycles. The minimum atomic E-state index is -1.31. The molecule has 2 aromatic rings. The number of hydrogen-bond donors (Lipinski definition) is 3. The van der Waals surface area contributed by atoms with Crippen LogP contribution in [0.15, 0.2) is 30.3 Å². The van der Waals surface area contributed by atoms with Gasteiger partial charge < -0.3 is 15.7 Å². The molecule has 2 aromatic carbocycles. The number of nitrogen functional groups attached to an aromatic ring is 1. The number of halogens is 2. The van der Waals surface area contributed by atoms with Gasteiger partial charge in [0.25, 0.3) is 0 Å². The fourth-order valence-electron chi connectivity index (χ4n) is 2.78. The lowest BCUT2D eigenvalue weighted by Gasteiger charge is -2.31. The van der Waals surface area contributed by atoms with Gasteiger partial charge >= 0.3 is 6.09 Å². The quantitative estimate of drug-likeness (QED) is 0.743. The number of nitrogens with two attached hydrogens (primary N) is 1. The summed E-state index contributed by atoms with van der Waals surface area (Å²) in [7, 11) is 0. The molecule has 0 spiro atoms. The third kappa shape index (κ3) is 2.90. The average molecular weight is 319 g/mol. The molecular weight excluding hydrogens is 304 g/mol. The highest BCUT2D eigenvalue weighted by molar-refractivity contribution is 5.88. The first-order valence-corrected chi connectivity index (χ1v) is 7.06. The number of anilines is 3. The van der Waals surface area contributed by atoms with Gasteiger partial charge in [0.1, 0.15) is 5.82 Å². The number of nitrogens with zero attached hydrogens (tertiary/aromatic N) is 1. The summed E-state index contributed by atoms with van der Waals surface area (Å²) in [6.07, 6.45) is -0.643. The zero-order valence-corrected chi connectivity index (χ0v) is 12.1. The fourth-order valence-corrected chi connectivity index (χ4v) is 2.78. The molecule has 1 amide bonds. The Labute approximate surface area is 131 Å². The van der Waals surface area contributed by atoms with Crippen LogP contribution in [-0.2, 0) is 13.0 Å². The summed E-state index contributed by atoms with van der Waals surface area (Å²) in [4.78, 5) is 12.4. The van der Waals surface area contributed by atoms with Crippen molar-refractivity contribution in [3.63, 3.8) is 0 Å². The van der Waals surface area contributed by atoms with Crippen LogP contribution in [-0.4, -0.2) is 17.7 Å². The van der Waals surface area contributed by atoms with Crippen molar-refractivity contribution in [3.05, 3.63) is 53.1 Å². The van der Waals surface area contributed by atoms with E-state index in [0.717, 1.165) is 11.1 Å². The van der Waals surface area contributed by atoms with Crippen LogP contribution in [0.2, 0.25) is 0 Å². The first-order valence-electron chi connectivity index (χ1n) is 7.06. The van der Waals surface area contributed by atoms with E-state index < -0.39 is 11.9 Å². The second-order valence-corrected chi connectivity index (χ2v) is 5.37. The lowest BCUT2D eigenvalue weighted by molar-refractivity contribution is 0.210. The molecule has 7 heteroatoms. The highest BCUT2D eigenvalue weighted by atomic mass is 19.1. The Morgan fingerprint density at radius 2 is 2.00 bits per heavy atom. The van der Waals surface area contributed by atoms with Gasteiger partial charge in [0.15, 0.2) is 5.82 Å². The Kier molecular flexibility index (Phi) is 3.77. The van der Waals surface area contributed by atoms with Crippen molar-refractivity contribution in [2.75, 3.05) is 22.5 Å². The summed E-state index contributed by atoms with van der Waals surface area (Å²) in [5.41, 5.74) is 7.54. The van der Waals surface area contributed by atoms with E-state index in [-0.39, 0.29) is 22.9 Å². The van der Waals surface area contributed by atoms with E-state index in [0.29, 0.717) is 19.5 Å². The zero-order valence-electron chi connectivity index (χ0n) is 12.1. The molecule has 0 aliphatic carbocycles. The molecule has 0 radical (unpaired) electrons. The molecule has 1 aliphatic heterocycles. The normalized spacial score (nSPS) is 13.6. The minimum absolute atomic E-state index is 0.00204. The topological polar surface area (TPSA) is 78.6 Å². The van der Waals surface area contributed by atoms with Crippen LogP contribution in [0.3, 0.4) is 0 Å². The summed E-state index contributed by atoms with van der Waals surface area (Å²) in [5, 5.41) is 10.8. The summed E-state index contributed by atoms with van der Waals surface area (Å²) >= 11 is 0. The second kappa shape index (κ2) is 5.75. The number of fused-ring (bicyclic) bond motifs is 1. The standard InChI is InChI=1S/C16H15F2N3O2/c17-11-2-1-9-5-6-21(8-10(9)7-11)13-4-3-12(20-16(22)23)15(19)14(13)18/h1-4,7,20H,5-6,8,19H2,(H,22,23). The Hall–Kier alpha value is -2.83. The van der Waals surface area contributed by atoms with E-state index in [4.69, 9.17) is 10.8 Å². The molecule has 4 N–H and O–H groups in total. The number of carboxylic acid groups (broad SMARTS) is 1. The molecule has 1 aliphatic rings. The van der Waals surface area contributed by atoms with Crippen LogP contribution in [0.5, 0.6) is 0 Å². The van der Waals surface area contributed by atoms with Crippen LogP contribution in [0, 0.1) is 11.6 Å². The predicted octanol–water partition coefficient (Wildman–Crippen LogP) is 3.20. The Balaban J connectivity index is 1.91. The van der Waals surface area contributed by atoms with Gasteiger partial charge in [0, 0.05) is 13.1 Å². The minimum Gasteiger partial charge on any atom is -0.465 e. The number of amides is 1. The van der Waals surface area contributed by atoms with E-state index in [1.807, 2.05) is 0 Å². The van der Waals surface area contributed by atoms with Crippen molar-refractivity contribution in [3.8, 4) is 0 Å². The van der Waals surface area contributed by atoms with Crippen LogP contribution in [0.4, 0.5) is 30.6 Å². The van der Waals surface area contributed by atoms with Crippen LogP contribution in [0.25, 0.3) is 0 Å². The van der Waals surface area contributed by atoms with E-state index in [9.17, 15) is 13.6 Å². The molecule has 23 heavy (non-hydrogen) atoms. The van der Waals surface area contributed by atoms with Gasteiger partial charge in [-0.3, -0.25) is 5.32 Å². The number of benzene rings is 2. The van der Waals surface area contributed by atoms with Crippen molar-refractivity contribution in [1.82, 2.24) is 0 Å². The van der Waals surface area contributed by atoms with Crippen molar-refractivity contribution in [2.24, 2.45) is 0 Å². The van der Waals surface area contributed by atoms with Crippen molar-refractivity contribution in [1.29, 1.82) is 0 Å². The lowest BCUT2D eigenvalue weighted by atomic mass is 9.99. The molecule has 0 aromatic heterocycles. The summed E-state index contributed by atoms with van der Waals surface area (Å²) in [5.74, 6) is -1.01. The van der Waals surface area contributed by atoms with Crippen molar-refractivity contribution >= 4 is 23.2 Å². The first-order chi connectivity index (χ1) is 11.0. The fraction of sp³-hybridized carbons (Fsp3) is 0.188. The maximum absolute atomic E-state index is 14.5. The summed E-state index contributed by atoms with van der Waals surface area (Å²) in [6, 6.07) is 7.50. The summed E-state index contributed by atoms with van der Waals surface area (Å²) < 4.78 is 27.8. The molecule has 120 valence electrons. The molecule has 1 heterocycles. The molecule has 3 rings (SSSR count). The maximum atomic E-state index is 14.5. The zero-order chi connectivity index (χ0) is 16.6. The van der Waals surface area contributed by atoms with Gasteiger partial charge in [-0.15, -0.1) is 0 Å². The largest absolute Gasteiger partial charge is 0.465 e. The van der Waals surface area contributed by atoms with Crippen LogP contribution >= 0.6 is 0 Å². The Bertz CT molecular complexity index is 780. The van der Waals surface area contributed by atoms with Gasteiger partial charge in [-0.1, -0.05) is 6.07 Å². The molecule has 0 fully saturated rings. The smallest absolute Gasteiger partial charge is 0.409 e. The SMILES string of the molecule is Nc1c(NC(=O)O)ccc(N2CCc3ccc(F)cc3C2)c1F.